The second-order valence-corrected chi connectivity index (χ2v) is 7.01. The monoisotopic (exact) mass is 365 g/mol. The van der Waals surface area contributed by atoms with Crippen LogP contribution in [0, 0.1) is 6.92 Å². The number of nitrogens with one attached hydrogen (secondary N) is 1. The summed E-state index contributed by atoms with van der Waals surface area (Å²) in [7, 11) is 0. The predicted molar refractivity (Wildman–Crippen MR) is 102 cm³/mol. The molecule has 0 bridgehead atoms. The first-order valence-electron chi connectivity index (χ1n) is 9.37. The van der Waals surface area contributed by atoms with Crippen molar-refractivity contribution in [1.82, 2.24) is 15.5 Å². The average Bonchev–Trinajstić information content (AvgIpc) is 3.45. The van der Waals surface area contributed by atoms with E-state index in [4.69, 9.17) is 9.26 Å². The van der Waals surface area contributed by atoms with Crippen LogP contribution in [0.3, 0.4) is 0 Å². The third-order valence-electron chi connectivity index (χ3n) is 4.92. The predicted octanol–water partition coefficient (Wildman–Crippen LogP) is 4.30. The van der Waals surface area contributed by atoms with E-state index in [-0.39, 0.29) is 11.9 Å². The van der Waals surface area contributed by atoms with Gasteiger partial charge in [-0.1, -0.05) is 17.3 Å². The molecular formula is C21H23N3O3. The quantitative estimate of drug-likeness (QED) is 0.705. The molecule has 1 aliphatic carbocycles. The van der Waals surface area contributed by atoms with E-state index < -0.39 is 0 Å². The number of fused-ring (bicyclic) bond motifs is 1. The van der Waals surface area contributed by atoms with E-state index >= 15 is 0 Å². The van der Waals surface area contributed by atoms with Gasteiger partial charge in [-0.25, -0.2) is 4.98 Å². The Morgan fingerprint density at radius 2 is 2.07 bits per heavy atom. The van der Waals surface area contributed by atoms with Crippen molar-refractivity contribution in [2.45, 2.75) is 45.6 Å². The molecule has 4 rings (SSSR count). The molecule has 0 aliphatic heterocycles. The lowest BCUT2D eigenvalue weighted by Crippen LogP contribution is -2.27. The van der Waals surface area contributed by atoms with Gasteiger partial charge in [0.1, 0.15) is 5.75 Å². The molecule has 0 saturated heterocycles. The first-order valence-corrected chi connectivity index (χ1v) is 9.37. The lowest BCUT2D eigenvalue weighted by molar-refractivity contribution is 0.0941. The number of aryl methyl sites for hydroxylation is 1. The molecule has 1 amide bonds. The lowest BCUT2D eigenvalue weighted by atomic mass is 10.0. The van der Waals surface area contributed by atoms with Crippen molar-refractivity contribution in [2.75, 3.05) is 6.61 Å². The third kappa shape index (κ3) is 3.52. The van der Waals surface area contributed by atoms with Crippen molar-refractivity contribution >= 4 is 17.0 Å². The van der Waals surface area contributed by atoms with Crippen LogP contribution in [0.5, 0.6) is 5.75 Å². The molecular weight excluding hydrogens is 342 g/mol. The Morgan fingerprint density at radius 1 is 1.33 bits per heavy atom. The third-order valence-corrected chi connectivity index (χ3v) is 4.92. The van der Waals surface area contributed by atoms with Crippen LogP contribution in [0.2, 0.25) is 0 Å². The first kappa shape index (κ1) is 17.5. The van der Waals surface area contributed by atoms with Crippen LogP contribution in [0.1, 0.15) is 66.0 Å². The smallest absolute Gasteiger partial charge is 0.259 e. The Morgan fingerprint density at radius 3 is 2.74 bits per heavy atom. The highest BCUT2D eigenvalue weighted by molar-refractivity contribution is 6.06. The SMILES string of the molecule is CCOc1ccc([C@@H](C)NC(=O)c2cc(C3CC3)nc3onc(C)c23)cc1. The summed E-state index contributed by atoms with van der Waals surface area (Å²) < 4.78 is 10.8. The molecule has 0 spiro atoms. The number of rotatable bonds is 6. The van der Waals surface area contributed by atoms with Crippen molar-refractivity contribution in [1.29, 1.82) is 0 Å². The van der Waals surface area contributed by atoms with Crippen molar-refractivity contribution in [3.63, 3.8) is 0 Å². The number of carbonyl (C=O) groups excluding carboxylic acids is 1. The van der Waals surface area contributed by atoms with Gasteiger partial charge in [-0.05, 0) is 57.4 Å². The van der Waals surface area contributed by atoms with Gasteiger partial charge in [-0.3, -0.25) is 4.79 Å². The molecule has 1 atom stereocenters. The van der Waals surface area contributed by atoms with Crippen molar-refractivity contribution in [2.24, 2.45) is 0 Å². The van der Waals surface area contributed by atoms with E-state index in [2.05, 4.69) is 15.5 Å². The standard InChI is InChI=1S/C21H23N3O3/c1-4-26-16-9-7-14(8-10-16)12(2)22-20(25)17-11-18(15-5-6-15)23-21-19(17)13(3)24-27-21/h7-12,15H,4-6H2,1-3H3,(H,22,25)/t12-/m1/s1. The van der Waals surface area contributed by atoms with Crippen molar-refractivity contribution < 1.29 is 14.1 Å². The maximum atomic E-state index is 13.0. The summed E-state index contributed by atoms with van der Waals surface area (Å²) in [6.45, 7) is 6.38. The van der Waals surface area contributed by atoms with Gasteiger partial charge in [-0.2, -0.15) is 0 Å². The number of carbonyl (C=O) groups is 1. The average molecular weight is 365 g/mol. The zero-order valence-corrected chi connectivity index (χ0v) is 15.8. The Kier molecular flexibility index (Phi) is 4.56. The van der Waals surface area contributed by atoms with Crippen LogP contribution in [0.4, 0.5) is 0 Å². The minimum Gasteiger partial charge on any atom is -0.494 e. The molecule has 3 aromatic rings. The zero-order chi connectivity index (χ0) is 19.0. The van der Waals surface area contributed by atoms with Gasteiger partial charge in [-0.15, -0.1) is 0 Å². The normalized spacial score (nSPS) is 14.9. The Hall–Kier alpha value is -2.89. The topological polar surface area (TPSA) is 77.2 Å². The minimum absolute atomic E-state index is 0.138. The molecule has 1 saturated carbocycles. The number of pyridine rings is 1. The van der Waals surface area contributed by atoms with Crippen LogP contribution >= 0.6 is 0 Å². The fraction of sp³-hybridized carbons (Fsp3) is 0.381. The summed E-state index contributed by atoms with van der Waals surface area (Å²) in [4.78, 5) is 17.6. The summed E-state index contributed by atoms with van der Waals surface area (Å²) in [6.07, 6.45) is 2.21. The van der Waals surface area contributed by atoms with Crippen molar-refractivity contribution in [3.8, 4) is 5.75 Å². The number of amides is 1. The lowest BCUT2D eigenvalue weighted by Gasteiger charge is -2.16. The Labute approximate surface area is 157 Å². The highest BCUT2D eigenvalue weighted by Gasteiger charge is 2.29. The summed E-state index contributed by atoms with van der Waals surface area (Å²) >= 11 is 0. The second-order valence-electron chi connectivity index (χ2n) is 7.01. The van der Waals surface area contributed by atoms with Crippen LogP contribution < -0.4 is 10.1 Å². The number of ether oxygens (including phenoxy) is 1. The maximum Gasteiger partial charge on any atom is 0.259 e. The van der Waals surface area contributed by atoms with E-state index in [1.807, 2.05) is 51.1 Å². The zero-order valence-electron chi connectivity index (χ0n) is 15.8. The summed E-state index contributed by atoms with van der Waals surface area (Å²) in [6, 6.07) is 9.53. The van der Waals surface area contributed by atoms with Crippen molar-refractivity contribution in [3.05, 3.63) is 52.8 Å². The number of hydrogen-bond acceptors (Lipinski definition) is 5. The summed E-state index contributed by atoms with van der Waals surface area (Å²) in [5, 5.41) is 7.77. The van der Waals surface area contributed by atoms with Gasteiger partial charge >= 0.3 is 0 Å². The van der Waals surface area contributed by atoms with Gasteiger partial charge in [0.25, 0.3) is 11.6 Å². The minimum atomic E-state index is -0.142. The first-order chi connectivity index (χ1) is 13.1. The molecule has 0 unspecified atom stereocenters. The molecule has 140 valence electrons. The molecule has 1 aromatic carbocycles. The van der Waals surface area contributed by atoms with Gasteiger partial charge in [0.05, 0.1) is 29.3 Å². The molecule has 1 N–H and O–H groups in total. The molecule has 1 aliphatic rings. The van der Waals surface area contributed by atoms with E-state index in [0.29, 0.717) is 34.9 Å². The summed E-state index contributed by atoms with van der Waals surface area (Å²) in [5.74, 6) is 1.11. The molecule has 6 heteroatoms. The molecule has 2 heterocycles. The van der Waals surface area contributed by atoms with Crippen LogP contribution in [0.15, 0.2) is 34.9 Å². The number of benzene rings is 1. The van der Waals surface area contributed by atoms with E-state index in [0.717, 1.165) is 29.8 Å². The molecule has 27 heavy (non-hydrogen) atoms. The largest absolute Gasteiger partial charge is 0.494 e. The molecule has 0 radical (unpaired) electrons. The summed E-state index contributed by atoms with van der Waals surface area (Å²) in [5.41, 5.74) is 3.63. The van der Waals surface area contributed by atoms with Gasteiger partial charge in [0.15, 0.2) is 0 Å². The number of nitrogens with zero attached hydrogens (tertiary/aromatic N) is 2. The highest BCUT2D eigenvalue weighted by atomic mass is 16.5. The highest BCUT2D eigenvalue weighted by Crippen LogP contribution is 2.40. The van der Waals surface area contributed by atoms with Gasteiger partial charge < -0.3 is 14.6 Å². The fourth-order valence-corrected chi connectivity index (χ4v) is 3.26. The fourth-order valence-electron chi connectivity index (χ4n) is 3.26. The number of hydrogen-bond donors (Lipinski definition) is 1. The Balaban J connectivity index is 1.59. The molecule has 1 fully saturated rings. The van der Waals surface area contributed by atoms with E-state index in [1.165, 1.54) is 0 Å². The van der Waals surface area contributed by atoms with Gasteiger partial charge in [0.2, 0.25) is 0 Å². The second kappa shape index (κ2) is 7.02. The van der Waals surface area contributed by atoms with Gasteiger partial charge in [0, 0.05) is 11.6 Å². The Bertz CT molecular complexity index is 974. The van der Waals surface area contributed by atoms with Crippen LogP contribution in [0.25, 0.3) is 11.1 Å². The maximum absolute atomic E-state index is 13.0. The number of aromatic nitrogens is 2. The molecule has 6 nitrogen and oxygen atoms in total. The van der Waals surface area contributed by atoms with E-state index in [9.17, 15) is 4.79 Å². The molecule has 2 aromatic heterocycles. The van der Waals surface area contributed by atoms with Crippen LogP contribution in [-0.2, 0) is 0 Å². The van der Waals surface area contributed by atoms with Crippen LogP contribution in [-0.4, -0.2) is 22.7 Å². The van der Waals surface area contributed by atoms with E-state index in [1.54, 1.807) is 0 Å².